The molecule has 0 N–H and O–H groups in total. The van der Waals surface area contributed by atoms with Gasteiger partial charge in [-0.3, -0.25) is 0 Å². The molecule has 0 fully saturated rings. The third kappa shape index (κ3) is 3.07. The molecule has 1 atom stereocenters. The fourth-order valence-corrected chi connectivity index (χ4v) is 2.55. The molecule has 0 aliphatic carbocycles. The highest BCUT2D eigenvalue weighted by molar-refractivity contribution is 6.22. The largest absolute Gasteiger partial charge is 0.497 e. The lowest BCUT2D eigenvalue weighted by molar-refractivity contribution is 0.393. The maximum atomic E-state index is 6.66. The van der Waals surface area contributed by atoms with Gasteiger partial charge in [-0.1, -0.05) is 23.8 Å². The molecule has 0 amide bonds. The molecule has 2 aromatic rings. The molecule has 3 heteroatoms. The number of benzene rings is 2. The van der Waals surface area contributed by atoms with Gasteiger partial charge in [-0.2, -0.15) is 0 Å². The Morgan fingerprint density at radius 1 is 0.900 bits per heavy atom. The quantitative estimate of drug-likeness (QED) is 0.763. The third-order valence-electron chi connectivity index (χ3n) is 3.37. The van der Waals surface area contributed by atoms with Crippen LogP contribution in [0.3, 0.4) is 0 Å². The van der Waals surface area contributed by atoms with E-state index in [4.69, 9.17) is 21.1 Å². The van der Waals surface area contributed by atoms with E-state index >= 15 is 0 Å². The predicted molar refractivity (Wildman–Crippen MR) is 83.2 cm³/mol. The van der Waals surface area contributed by atoms with Crippen LogP contribution >= 0.6 is 11.6 Å². The smallest absolute Gasteiger partial charge is 0.122 e. The Morgan fingerprint density at radius 2 is 1.50 bits per heavy atom. The first kappa shape index (κ1) is 14.7. The van der Waals surface area contributed by atoms with Gasteiger partial charge in [0.25, 0.3) is 0 Å². The first-order valence-corrected chi connectivity index (χ1v) is 6.93. The van der Waals surface area contributed by atoms with Crippen molar-refractivity contribution in [2.75, 3.05) is 14.2 Å². The molecule has 1 unspecified atom stereocenters. The monoisotopic (exact) mass is 290 g/mol. The molecule has 0 aliphatic heterocycles. The van der Waals surface area contributed by atoms with E-state index in [1.54, 1.807) is 14.2 Å². The summed E-state index contributed by atoms with van der Waals surface area (Å²) in [4.78, 5) is 0. The van der Waals surface area contributed by atoms with Crippen LogP contribution in [0.5, 0.6) is 11.5 Å². The van der Waals surface area contributed by atoms with E-state index in [-0.39, 0.29) is 5.38 Å². The Bertz CT molecular complexity index is 586. The lowest BCUT2D eigenvalue weighted by Gasteiger charge is -2.16. The molecule has 2 nitrogen and oxygen atoms in total. The van der Waals surface area contributed by atoms with Crippen molar-refractivity contribution in [2.24, 2.45) is 0 Å². The van der Waals surface area contributed by atoms with E-state index in [2.05, 4.69) is 32.0 Å². The minimum Gasteiger partial charge on any atom is -0.497 e. The second-order valence-electron chi connectivity index (χ2n) is 4.87. The summed E-state index contributed by atoms with van der Waals surface area (Å²) in [5.41, 5.74) is 4.46. The van der Waals surface area contributed by atoms with Gasteiger partial charge < -0.3 is 9.47 Å². The van der Waals surface area contributed by atoms with Crippen LogP contribution in [0.1, 0.15) is 27.6 Å². The summed E-state index contributed by atoms with van der Waals surface area (Å²) in [5, 5.41) is -0.223. The zero-order valence-corrected chi connectivity index (χ0v) is 13.0. The van der Waals surface area contributed by atoms with Crippen molar-refractivity contribution in [2.45, 2.75) is 19.2 Å². The summed E-state index contributed by atoms with van der Waals surface area (Å²) in [6.45, 7) is 4.14. The molecule has 0 aliphatic rings. The van der Waals surface area contributed by atoms with Crippen molar-refractivity contribution in [3.05, 3.63) is 58.7 Å². The van der Waals surface area contributed by atoms with Crippen LogP contribution in [-0.2, 0) is 0 Å². The summed E-state index contributed by atoms with van der Waals surface area (Å²) in [7, 11) is 3.28. The number of aryl methyl sites for hydroxylation is 2. The maximum absolute atomic E-state index is 6.66. The van der Waals surface area contributed by atoms with E-state index in [9.17, 15) is 0 Å². The standard InChI is InChI=1S/C17H19ClO2/c1-11-5-6-12(2)16(7-11)17(18)13-8-14(19-3)10-15(9-13)20-4/h5-10,17H,1-4H3. The van der Waals surface area contributed by atoms with Crippen molar-refractivity contribution in [3.63, 3.8) is 0 Å². The summed E-state index contributed by atoms with van der Waals surface area (Å²) in [6.07, 6.45) is 0. The van der Waals surface area contributed by atoms with Gasteiger partial charge in [-0.05, 0) is 42.7 Å². The van der Waals surface area contributed by atoms with Crippen LogP contribution in [-0.4, -0.2) is 14.2 Å². The highest BCUT2D eigenvalue weighted by Crippen LogP contribution is 2.35. The number of hydrogen-bond acceptors (Lipinski definition) is 2. The number of methoxy groups -OCH3 is 2. The minimum atomic E-state index is -0.223. The minimum absolute atomic E-state index is 0.223. The van der Waals surface area contributed by atoms with Gasteiger partial charge in [0, 0.05) is 6.07 Å². The molecular weight excluding hydrogens is 272 g/mol. The molecule has 0 saturated heterocycles. The highest BCUT2D eigenvalue weighted by Gasteiger charge is 2.15. The zero-order chi connectivity index (χ0) is 14.7. The molecule has 0 spiro atoms. The molecule has 0 saturated carbocycles. The van der Waals surface area contributed by atoms with Crippen LogP contribution in [0.2, 0.25) is 0 Å². The van der Waals surface area contributed by atoms with Crippen molar-refractivity contribution in [1.82, 2.24) is 0 Å². The van der Waals surface area contributed by atoms with Gasteiger partial charge in [-0.15, -0.1) is 11.6 Å². The first-order chi connectivity index (χ1) is 9.55. The van der Waals surface area contributed by atoms with Crippen LogP contribution in [0.15, 0.2) is 36.4 Å². The Balaban J connectivity index is 2.46. The molecule has 2 rings (SSSR count). The number of alkyl halides is 1. The van der Waals surface area contributed by atoms with Gasteiger partial charge in [-0.25, -0.2) is 0 Å². The lowest BCUT2D eigenvalue weighted by Crippen LogP contribution is -1.99. The zero-order valence-electron chi connectivity index (χ0n) is 12.2. The Morgan fingerprint density at radius 3 is 2.05 bits per heavy atom. The van der Waals surface area contributed by atoms with E-state index in [0.717, 1.165) is 22.6 Å². The average molecular weight is 291 g/mol. The fraction of sp³-hybridized carbons (Fsp3) is 0.294. The molecular formula is C17H19ClO2. The average Bonchev–Trinajstić information content (AvgIpc) is 2.48. The van der Waals surface area contributed by atoms with Gasteiger partial charge in [0.2, 0.25) is 0 Å². The fourth-order valence-electron chi connectivity index (χ4n) is 2.19. The third-order valence-corrected chi connectivity index (χ3v) is 3.86. The maximum Gasteiger partial charge on any atom is 0.122 e. The van der Waals surface area contributed by atoms with Crippen molar-refractivity contribution in [1.29, 1.82) is 0 Å². The molecule has 2 aromatic carbocycles. The molecule has 106 valence electrons. The lowest BCUT2D eigenvalue weighted by atomic mass is 9.98. The molecule has 20 heavy (non-hydrogen) atoms. The Labute approximate surface area is 125 Å². The van der Waals surface area contributed by atoms with Crippen molar-refractivity contribution >= 4 is 11.6 Å². The topological polar surface area (TPSA) is 18.5 Å². The first-order valence-electron chi connectivity index (χ1n) is 6.49. The number of rotatable bonds is 4. The van der Waals surface area contributed by atoms with Crippen molar-refractivity contribution < 1.29 is 9.47 Å². The van der Waals surface area contributed by atoms with E-state index in [1.165, 1.54) is 11.1 Å². The van der Waals surface area contributed by atoms with E-state index in [1.807, 2.05) is 18.2 Å². The molecule has 0 radical (unpaired) electrons. The van der Waals surface area contributed by atoms with E-state index in [0.29, 0.717) is 0 Å². The summed E-state index contributed by atoms with van der Waals surface area (Å²) in [5.74, 6) is 1.49. The second kappa shape index (κ2) is 6.19. The van der Waals surface area contributed by atoms with Crippen LogP contribution in [0, 0.1) is 13.8 Å². The number of hydrogen-bond donors (Lipinski definition) is 0. The van der Waals surface area contributed by atoms with Crippen LogP contribution < -0.4 is 9.47 Å². The summed E-state index contributed by atoms with van der Waals surface area (Å²) in [6, 6.07) is 12.0. The highest BCUT2D eigenvalue weighted by atomic mass is 35.5. The normalized spacial score (nSPS) is 12.1. The van der Waals surface area contributed by atoms with Crippen molar-refractivity contribution in [3.8, 4) is 11.5 Å². The number of halogens is 1. The van der Waals surface area contributed by atoms with Gasteiger partial charge in [0.05, 0.1) is 19.6 Å². The Kier molecular flexibility index (Phi) is 4.56. The number of ether oxygens (including phenoxy) is 2. The molecule has 0 bridgehead atoms. The van der Waals surface area contributed by atoms with Gasteiger partial charge >= 0.3 is 0 Å². The van der Waals surface area contributed by atoms with Crippen LogP contribution in [0.25, 0.3) is 0 Å². The molecule has 0 aromatic heterocycles. The summed E-state index contributed by atoms with van der Waals surface area (Å²) >= 11 is 6.66. The predicted octanol–water partition coefficient (Wildman–Crippen LogP) is 4.65. The Hall–Kier alpha value is -1.67. The molecule has 0 heterocycles. The van der Waals surface area contributed by atoms with E-state index < -0.39 is 0 Å². The van der Waals surface area contributed by atoms with Crippen LogP contribution in [0.4, 0.5) is 0 Å². The SMILES string of the molecule is COc1cc(OC)cc(C(Cl)c2cc(C)ccc2C)c1. The summed E-state index contributed by atoms with van der Waals surface area (Å²) < 4.78 is 10.6. The second-order valence-corrected chi connectivity index (χ2v) is 5.31. The van der Waals surface area contributed by atoms with Gasteiger partial charge in [0.15, 0.2) is 0 Å². The van der Waals surface area contributed by atoms with Gasteiger partial charge in [0.1, 0.15) is 11.5 Å².